The Balaban J connectivity index is -0.000000231. The van der Waals surface area contributed by atoms with Gasteiger partial charge in [0.2, 0.25) is 0 Å². The van der Waals surface area contributed by atoms with E-state index in [1.165, 1.54) is 20.7 Å². The molecule has 0 saturated carbocycles. The number of carbonyl (C=O) groups is 1. The molecule has 2 N–H and O–H groups in total. The first-order chi connectivity index (χ1) is 36.0. The zero-order chi connectivity index (χ0) is 59.8. The molecule has 1 radical (unpaired) electrons. The average molecular weight is 1210 g/mol. The van der Waals surface area contributed by atoms with Crippen molar-refractivity contribution < 1.29 is 156 Å². The van der Waals surface area contributed by atoms with Gasteiger partial charge in [-0.2, -0.15) is 0 Å². The van der Waals surface area contributed by atoms with E-state index in [2.05, 4.69) is 257 Å². The molecule has 1 saturated heterocycles. The van der Waals surface area contributed by atoms with Gasteiger partial charge in [0.05, 0.1) is 31.0 Å². The minimum atomic E-state index is -2.46. The Hall–Kier alpha value is -1.21. The maximum absolute atomic E-state index is 10.6. The molecule has 0 spiro atoms. The Labute approximate surface area is 569 Å². The van der Waals surface area contributed by atoms with E-state index in [0.717, 1.165) is 13.0 Å². The summed E-state index contributed by atoms with van der Waals surface area (Å²) in [7, 11) is -6.83. The van der Waals surface area contributed by atoms with Crippen LogP contribution in [-0.4, -0.2) is 94.7 Å². The van der Waals surface area contributed by atoms with E-state index in [4.69, 9.17) is 49.4 Å². The fourth-order valence-corrected chi connectivity index (χ4v) is 17.9. The summed E-state index contributed by atoms with van der Waals surface area (Å²) in [4.78, 5) is 11.2. The van der Waals surface area contributed by atoms with E-state index in [0.29, 0.717) is 32.8 Å². The van der Waals surface area contributed by atoms with Gasteiger partial charge in [-0.1, -0.05) is 209 Å². The third-order valence-corrected chi connectivity index (χ3v) is 22.6. The quantitative estimate of drug-likeness (QED) is 0.0441. The van der Waals surface area contributed by atoms with Crippen LogP contribution in [0.5, 0.6) is 0 Å². The molecule has 5 rings (SSSR count). The van der Waals surface area contributed by atoms with Crippen molar-refractivity contribution in [1.29, 1.82) is 0 Å². The van der Waals surface area contributed by atoms with E-state index >= 15 is 0 Å². The zero-order valence-electron chi connectivity index (χ0n) is 52.8. The molecule has 1 aliphatic rings. The molecule has 429 valence electrons. The van der Waals surface area contributed by atoms with Crippen LogP contribution >= 0.6 is 0 Å². The maximum atomic E-state index is 10.6. The number of epoxide rings is 1. The number of carbonyl (C=O) groups excluding carboxylic acids is 1. The third-order valence-electron chi connectivity index (χ3n) is 10.4. The van der Waals surface area contributed by atoms with Crippen LogP contribution in [0.25, 0.3) is 0 Å². The SMILES string of the molecule is C#CC[C@@H](C)O[Si](c1ccccc1)(c1ccccc1)C(C)(C)C.CCO.CC[B]F.C[C@@H](O)CC#C[Si](C)(C)C.C[C@@H]1CO1.C[C@H](CC#C[Si](C)(C)C)O[Si](c1ccccc1)(c1ccccc1)C(C)(C)C.FF.O=CO[O-].[H-].[K+].[K+]. The van der Waals surface area contributed by atoms with Gasteiger partial charge in [0.1, 0.15) is 16.1 Å². The second kappa shape index (κ2) is 48.1. The summed E-state index contributed by atoms with van der Waals surface area (Å²) < 4.78 is 45.2. The molecule has 1 heterocycles. The number of rotatable bonds is 13. The average Bonchev–Trinajstić information content (AvgIpc) is 4.17. The molecule has 4 aromatic carbocycles. The molecule has 1 aliphatic heterocycles. The Morgan fingerprint density at radius 3 is 1.10 bits per heavy atom. The number of hydrogen-bond donors (Lipinski definition) is 2. The van der Waals surface area contributed by atoms with Gasteiger partial charge in [0.25, 0.3) is 23.1 Å². The molecular weight excluding hydrogens is 1120 g/mol. The molecule has 1 fully saturated rings. The van der Waals surface area contributed by atoms with Crippen LogP contribution in [-0.2, 0) is 23.3 Å². The summed E-state index contributed by atoms with van der Waals surface area (Å²) in [5.41, 5.74) is 6.66. The second-order valence-corrected chi connectivity index (χ2v) is 40.2. The van der Waals surface area contributed by atoms with Crippen molar-refractivity contribution in [3.05, 3.63) is 121 Å². The Kier molecular flexibility index (Phi) is 52.7. The molecule has 18 heteroatoms. The maximum Gasteiger partial charge on any atom is 1.00 e. The van der Waals surface area contributed by atoms with Crippen molar-refractivity contribution in [2.75, 3.05) is 13.2 Å². The largest absolute Gasteiger partial charge is 1.00 e. The van der Waals surface area contributed by atoms with Gasteiger partial charge >= 0.3 is 110 Å². The Morgan fingerprint density at radius 1 is 0.684 bits per heavy atom. The number of hydrogen-bond acceptors (Lipinski definition) is 8. The fraction of sp³-hybridized carbons (Fsp3) is 0.492. The summed E-state index contributed by atoms with van der Waals surface area (Å²) in [6.07, 6.45) is 8.52. The van der Waals surface area contributed by atoms with Crippen molar-refractivity contribution in [3.8, 4) is 35.3 Å². The van der Waals surface area contributed by atoms with Crippen molar-refractivity contribution >= 4 is 67.6 Å². The van der Waals surface area contributed by atoms with Crippen LogP contribution in [0.4, 0.5) is 13.5 Å². The van der Waals surface area contributed by atoms with Gasteiger partial charge in [-0.15, -0.1) is 35.3 Å². The normalized spacial score (nSPS) is 13.2. The second-order valence-electron chi connectivity index (χ2n) is 22.2. The van der Waals surface area contributed by atoms with Gasteiger partial charge < -0.3 is 39.7 Å². The number of ether oxygens (including phenoxy) is 1. The smallest absolute Gasteiger partial charge is 1.00 e. The summed E-state index contributed by atoms with van der Waals surface area (Å²) in [6, 6.07) is 43.0. The van der Waals surface area contributed by atoms with Crippen LogP contribution in [0.15, 0.2) is 121 Å². The summed E-state index contributed by atoms with van der Waals surface area (Å²) in [5, 5.41) is 30.1. The van der Waals surface area contributed by atoms with Crippen LogP contribution in [0.3, 0.4) is 0 Å². The van der Waals surface area contributed by atoms with Crippen molar-refractivity contribution in [2.45, 2.75) is 182 Å². The van der Waals surface area contributed by atoms with Crippen LogP contribution in [0, 0.1) is 35.3 Å². The number of aliphatic hydroxyl groups is 2. The Bertz CT molecular complexity index is 2180. The van der Waals surface area contributed by atoms with Crippen molar-refractivity contribution in [3.63, 3.8) is 0 Å². The van der Waals surface area contributed by atoms with Crippen molar-refractivity contribution in [2.24, 2.45) is 0 Å². The number of aliphatic hydroxyl groups excluding tert-OH is 2. The fourth-order valence-electron chi connectivity index (χ4n) is 7.26. The molecule has 0 unspecified atom stereocenters. The van der Waals surface area contributed by atoms with E-state index < -0.39 is 32.8 Å². The van der Waals surface area contributed by atoms with E-state index in [-0.39, 0.29) is 146 Å². The minimum Gasteiger partial charge on any atom is -1.00 e. The molecule has 0 bridgehead atoms. The van der Waals surface area contributed by atoms with Crippen LogP contribution < -0.4 is 129 Å². The zero-order valence-corrected chi connectivity index (χ0v) is 62.1. The molecule has 0 aromatic heterocycles. The monoisotopic (exact) mass is 1210 g/mol. The molecule has 8 nitrogen and oxygen atoms in total. The first-order valence-electron chi connectivity index (χ1n) is 26.2. The summed E-state index contributed by atoms with van der Waals surface area (Å²) in [6.45, 7) is 39.8. The van der Waals surface area contributed by atoms with Gasteiger partial charge in [-0.3, -0.25) is 4.79 Å². The minimum absolute atomic E-state index is 0. The van der Waals surface area contributed by atoms with Crippen LogP contribution in [0.2, 0.25) is 55.7 Å². The van der Waals surface area contributed by atoms with Gasteiger partial charge in [-0.25, -0.2) is 0 Å². The van der Waals surface area contributed by atoms with Gasteiger partial charge in [0.15, 0.2) is 0 Å². The predicted octanol–water partition coefficient (Wildman–Crippen LogP) is 5.65. The molecule has 4 atom stereocenters. The number of halogens is 3. The first-order valence-corrected chi connectivity index (χ1v) is 37.1. The topological polar surface area (TPSA) is 121 Å². The van der Waals surface area contributed by atoms with Crippen molar-refractivity contribution in [1.82, 2.24) is 0 Å². The standard InChI is InChI=1S/C24H34OSi2.C21H26OSi.C8H16OSi.C3H6O.C2H5BF.C2H6O.CH2O3.F2.2K.H/c1-21(15-14-20-26(5,6)7)25-27(24(2,3)4,22-16-10-8-11-17-22)23-18-12-9-13-19-23;1-6-13-18(2)22-23(21(3,4)5,19-14-9-7-10-15-19)20-16-11-8-12-17-20;1-8(9)6-5-7-10(2,3)4;1-3-2-4-3;1-2-3-4;1-2-3;2-1-4-3;1-2;;;/h8-13,16-19,21H,15H2,1-7H3;1,7-12,14-18H,13H2,2-5H3;8-9H,6H2,1-4H3;3H,2H2,1H3;2H2,1H3;3H,2H2,1H3;1,3H;;;;/q;;;;;;;;2*+1;-1/p-1/t21-;18-;8-;3-;;;;;;;/m1111......./s1. The molecule has 0 amide bonds. The molecular formula is C61H95BF3K2O8Si4. The van der Waals surface area contributed by atoms with Gasteiger partial charge in [-0.05, 0) is 71.8 Å². The molecule has 79 heavy (non-hydrogen) atoms. The predicted molar refractivity (Wildman–Crippen MR) is 329 cm³/mol. The van der Waals surface area contributed by atoms with E-state index in [1.807, 2.05) is 0 Å². The molecule has 0 aliphatic carbocycles. The number of benzene rings is 4. The first kappa shape index (κ1) is 86.6. The Morgan fingerprint density at radius 2 is 0.924 bits per heavy atom. The van der Waals surface area contributed by atoms with E-state index in [1.54, 1.807) is 20.8 Å². The molecule has 4 aromatic rings. The summed E-state index contributed by atoms with van der Waals surface area (Å²) in [5.74, 6) is 9.14. The van der Waals surface area contributed by atoms with Crippen LogP contribution in [0.1, 0.15) is 104 Å². The van der Waals surface area contributed by atoms with Gasteiger partial charge in [0, 0.05) is 35.0 Å². The number of terminal acetylenes is 1. The third kappa shape index (κ3) is 39.1. The van der Waals surface area contributed by atoms with E-state index in [9.17, 15) is 4.32 Å². The summed E-state index contributed by atoms with van der Waals surface area (Å²) >= 11 is 0.